The Labute approximate surface area is 183 Å². The summed E-state index contributed by atoms with van der Waals surface area (Å²) in [4.78, 5) is 23.4. The zero-order valence-corrected chi connectivity index (χ0v) is 19.2. The Bertz CT molecular complexity index is 609. The van der Waals surface area contributed by atoms with Crippen LogP contribution in [0, 0.1) is 0 Å². The van der Waals surface area contributed by atoms with Crippen molar-refractivity contribution in [1.82, 2.24) is 0 Å². The van der Waals surface area contributed by atoms with Crippen LogP contribution in [0.1, 0.15) is 130 Å². The van der Waals surface area contributed by atoms with Crippen molar-refractivity contribution in [2.24, 2.45) is 0 Å². The van der Waals surface area contributed by atoms with Crippen molar-refractivity contribution in [3.63, 3.8) is 0 Å². The van der Waals surface area contributed by atoms with E-state index < -0.39 is 5.97 Å². The topological polar surface area (TPSA) is 63.6 Å². The molecule has 0 spiro atoms. The lowest BCUT2D eigenvalue weighted by Crippen LogP contribution is -2.10. The minimum Gasteiger partial charge on any atom is -0.478 e. The standard InChI is InChI=1S/C26H42O4/c1-3-5-6-7-8-9-10-11-12-13-14-15-16-17-18-22-21-23(25(27)28)19-20-24(22)26(29)30-4-2/h19-21H,3-18H2,1-2H3,(H,27,28). The summed E-state index contributed by atoms with van der Waals surface area (Å²) < 4.78 is 5.11. The number of esters is 1. The number of hydrogen-bond donors (Lipinski definition) is 1. The molecule has 1 aromatic rings. The quantitative estimate of drug-likeness (QED) is 0.197. The molecule has 0 radical (unpaired) electrons. The van der Waals surface area contributed by atoms with E-state index in [2.05, 4.69) is 6.92 Å². The molecule has 0 atom stereocenters. The number of ether oxygens (including phenoxy) is 1. The molecule has 4 heteroatoms. The highest BCUT2D eigenvalue weighted by Crippen LogP contribution is 2.18. The van der Waals surface area contributed by atoms with Crippen LogP contribution in [-0.2, 0) is 11.2 Å². The van der Waals surface area contributed by atoms with Gasteiger partial charge in [0, 0.05) is 0 Å². The van der Waals surface area contributed by atoms with E-state index >= 15 is 0 Å². The molecule has 170 valence electrons. The van der Waals surface area contributed by atoms with E-state index in [1.54, 1.807) is 19.1 Å². The molecule has 0 saturated heterocycles. The monoisotopic (exact) mass is 418 g/mol. The maximum atomic E-state index is 12.1. The number of aryl methyl sites for hydroxylation is 1. The van der Waals surface area contributed by atoms with Gasteiger partial charge in [0.1, 0.15) is 0 Å². The third-order valence-electron chi connectivity index (χ3n) is 5.65. The molecule has 0 saturated carbocycles. The first-order valence-corrected chi connectivity index (χ1v) is 12.1. The molecule has 1 N–H and O–H groups in total. The first kappa shape index (κ1) is 26.2. The highest BCUT2D eigenvalue weighted by molar-refractivity contribution is 5.94. The lowest BCUT2D eigenvalue weighted by molar-refractivity contribution is 0.0523. The number of carboxylic acids is 1. The second-order valence-electron chi connectivity index (χ2n) is 8.24. The van der Waals surface area contributed by atoms with Crippen LogP contribution >= 0.6 is 0 Å². The molecule has 1 rings (SSSR count). The van der Waals surface area contributed by atoms with E-state index in [1.165, 1.54) is 83.1 Å². The molecule has 1 aromatic carbocycles. The van der Waals surface area contributed by atoms with E-state index in [0.29, 0.717) is 18.6 Å². The van der Waals surface area contributed by atoms with Crippen LogP contribution < -0.4 is 0 Å². The molecule has 0 amide bonds. The smallest absolute Gasteiger partial charge is 0.338 e. The first-order chi connectivity index (χ1) is 14.6. The zero-order chi connectivity index (χ0) is 22.0. The molecule has 0 fully saturated rings. The van der Waals surface area contributed by atoms with Gasteiger partial charge < -0.3 is 9.84 Å². The Hall–Kier alpha value is -1.84. The summed E-state index contributed by atoms with van der Waals surface area (Å²) in [6.07, 6.45) is 18.9. The van der Waals surface area contributed by atoms with Gasteiger partial charge in [-0.15, -0.1) is 0 Å². The molecule has 30 heavy (non-hydrogen) atoms. The number of hydrogen-bond acceptors (Lipinski definition) is 3. The average Bonchev–Trinajstić information content (AvgIpc) is 2.74. The normalized spacial score (nSPS) is 10.9. The van der Waals surface area contributed by atoms with Crippen LogP contribution in [0.2, 0.25) is 0 Å². The molecule has 0 aromatic heterocycles. The maximum absolute atomic E-state index is 12.1. The molecule has 0 aliphatic rings. The Morgan fingerprint density at radius 3 is 1.73 bits per heavy atom. The van der Waals surface area contributed by atoms with Gasteiger partial charge in [0.05, 0.1) is 17.7 Å². The fourth-order valence-corrected chi connectivity index (χ4v) is 3.85. The molecule has 0 unspecified atom stereocenters. The minimum atomic E-state index is -0.965. The minimum absolute atomic E-state index is 0.225. The van der Waals surface area contributed by atoms with E-state index in [0.717, 1.165) is 18.4 Å². The predicted molar refractivity (Wildman–Crippen MR) is 123 cm³/mol. The SMILES string of the molecule is CCCCCCCCCCCCCCCCc1cc(C(=O)O)ccc1C(=O)OCC. The van der Waals surface area contributed by atoms with Gasteiger partial charge in [-0.25, -0.2) is 9.59 Å². The van der Waals surface area contributed by atoms with Gasteiger partial charge in [0.15, 0.2) is 0 Å². The van der Waals surface area contributed by atoms with Crippen molar-refractivity contribution >= 4 is 11.9 Å². The third kappa shape index (κ3) is 11.4. The third-order valence-corrected chi connectivity index (χ3v) is 5.65. The summed E-state index contributed by atoms with van der Waals surface area (Å²) in [6.45, 7) is 4.35. The maximum Gasteiger partial charge on any atom is 0.338 e. The van der Waals surface area contributed by atoms with Crippen molar-refractivity contribution in [2.75, 3.05) is 6.61 Å². The summed E-state index contributed by atoms with van der Waals surface area (Å²) in [7, 11) is 0. The summed E-state index contributed by atoms with van der Waals surface area (Å²) in [5, 5.41) is 9.22. The molecule has 0 aliphatic carbocycles. The molecule has 0 heterocycles. The van der Waals surface area contributed by atoms with Crippen LogP contribution in [0.3, 0.4) is 0 Å². The fourth-order valence-electron chi connectivity index (χ4n) is 3.85. The second kappa shape index (κ2) is 16.9. The Balaban J connectivity index is 2.19. The van der Waals surface area contributed by atoms with E-state index in [4.69, 9.17) is 4.74 Å². The number of carboxylic acid groups (broad SMARTS) is 1. The van der Waals surface area contributed by atoms with Crippen molar-refractivity contribution in [3.05, 3.63) is 34.9 Å². The van der Waals surface area contributed by atoms with Gasteiger partial charge in [0.2, 0.25) is 0 Å². The van der Waals surface area contributed by atoms with Gasteiger partial charge >= 0.3 is 11.9 Å². The fraction of sp³-hybridized carbons (Fsp3) is 0.692. The highest BCUT2D eigenvalue weighted by atomic mass is 16.5. The zero-order valence-electron chi connectivity index (χ0n) is 19.2. The van der Waals surface area contributed by atoms with Gasteiger partial charge in [-0.1, -0.05) is 90.4 Å². The van der Waals surface area contributed by atoms with Gasteiger partial charge in [-0.2, -0.15) is 0 Å². The first-order valence-electron chi connectivity index (χ1n) is 12.1. The van der Waals surface area contributed by atoms with E-state index in [1.807, 2.05) is 0 Å². The summed E-state index contributed by atoms with van der Waals surface area (Å²) in [5.41, 5.74) is 1.51. The lowest BCUT2D eigenvalue weighted by atomic mass is 9.98. The van der Waals surface area contributed by atoms with Crippen LogP contribution in [0.25, 0.3) is 0 Å². The van der Waals surface area contributed by atoms with Gasteiger partial charge in [0.25, 0.3) is 0 Å². The lowest BCUT2D eigenvalue weighted by Gasteiger charge is -2.10. The Morgan fingerprint density at radius 1 is 0.767 bits per heavy atom. The average molecular weight is 419 g/mol. The van der Waals surface area contributed by atoms with Crippen LogP contribution in [-0.4, -0.2) is 23.7 Å². The van der Waals surface area contributed by atoms with Crippen LogP contribution in [0.5, 0.6) is 0 Å². The van der Waals surface area contributed by atoms with E-state index in [9.17, 15) is 14.7 Å². The van der Waals surface area contributed by atoms with Crippen LogP contribution in [0.4, 0.5) is 0 Å². The molecular formula is C26H42O4. The Kier molecular flexibility index (Phi) is 14.8. The number of aromatic carboxylic acids is 1. The van der Waals surface area contributed by atoms with Crippen LogP contribution in [0.15, 0.2) is 18.2 Å². The van der Waals surface area contributed by atoms with E-state index in [-0.39, 0.29) is 11.5 Å². The number of benzene rings is 1. The number of carbonyl (C=O) groups is 2. The van der Waals surface area contributed by atoms with Crippen molar-refractivity contribution in [2.45, 2.75) is 110 Å². The number of rotatable bonds is 18. The second-order valence-corrected chi connectivity index (χ2v) is 8.24. The van der Waals surface area contributed by atoms with Gasteiger partial charge in [-0.3, -0.25) is 0 Å². The van der Waals surface area contributed by atoms with Crippen molar-refractivity contribution < 1.29 is 19.4 Å². The molecule has 4 nitrogen and oxygen atoms in total. The molecule has 0 aliphatic heterocycles. The van der Waals surface area contributed by atoms with Crippen molar-refractivity contribution in [1.29, 1.82) is 0 Å². The largest absolute Gasteiger partial charge is 0.478 e. The van der Waals surface area contributed by atoms with Crippen molar-refractivity contribution in [3.8, 4) is 0 Å². The number of carbonyl (C=O) groups excluding carboxylic acids is 1. The van der Waals surface area contributed by atoms with Gasteiger partial charge in [-0.05, 0) is 43.5 Å². The number of unbranched alkanes of at least 4 members (excludes halogenated alkanes) is 13. The predicted octanol–water partition coefficient (Wildman–Crippen LogP) is 7.59. The highest BCUT2D eigenvalue weighted by Gasteiger charge is 2.15. The molecular weight excluding hydrogens is 376 g/mol. The Morgan fingerprint density at radius 2 is 1.27 bits per heavy atom. The summed E-state index contributed by atoms with van der Waals surface area (Å²) in [6, 6.07) is 4.68. The molecule has 0 bridgehead atoms. The summed E-state index contributed by atoms with van der Waals surface area (Å²) >= 11 is 0. The summed E-state index contributed by atoms with van der Waals surface area (Å²) in [5.74, 6) is -1.33.